The van der Waals surface area contributed by atoms with E-state index in [4.69, 9.17) is 18.9 Å². The van der Waals surface area contributed by atoms with Gasteiger partial charge in [-0.25, -0.2) is 4.98 Å². The van der Waals surface area contributed by atoms with Crippen molar-refractivity contribution in [2.24, 2.45) is 0 Å². The number of rotatable bonds is 8. The van der Waals surface area contributed by atoms with Gasteiger partial charge < -0.3 is 38.8 Å². The number of hydrogen-bond acceptors (Lipinski definition) is 8. The molecule has 214 valence electrons. The van der Waals surface area contributed by atoms with E-state index < -0.39 is 12.2 Å². The Balaban J connectivity index is 1.44. The van der Waals surface area contributed by atoms with E-state index in [2.05, 4.69) is 9.55 Å². The lowest BCUT2D eigenvalue weighted by Gasteiger charge is -2.37. The van der Waals surface area contributed by atoms with Crippen molar-refractivity contribution in [1.29, 1.82) is 0 Å². The Morgan fingerprint density at radius 1 is 1.00 bits per heavy atom. The summed E-state index contributed by atoms with van der Waals surface area (Å²) in [6.45, 7) is 1.15. The maximum atomic E-state index is 11.4. The summed E-state index contributed by atoms with van der Waals surface area (Å²) in [5.41, 5.74) is 5.80. The van der Waals surface area contributed by atoms with Crippen LogP contribution in [0.2, 0.25) is 0 Å². The molecule has 0 saturated carbocycles. The minimum absolute atomic E-state index is 0.0248. The van der Waals surface area contributed by atoms with Gasteiger partial charge in [0.05, 0.1) is 20.3 Å². The largest absolute Gasteiger partial charge is 0.508 e. The molecule has 0 unspecified atom stereocenters. The second kappa shape index (κ2) is 11.0. The minimum atomic E-state index is -0.821. The van der Waals surface area contributed by atoms with Crippen molar-refractivity contribution < 1.29 is 34.3 Å². The normalized spacial score (nSPS) is 19.1. The number of fused-ring (bicyclic) bond motifs is 5. The molecule has 0 amide bonds. The van der Waals surface area contributed by atoms with Gasteiger partial charge in [0.25, 0.3) is 0 Å². The number of aromatic hydroxyl groups is 2. The Kier molecular flexibility index (Phi) is 7.23. The molecule has 0 spiro atoms. The van der Waals surface area contributed by atoms with Gasteiger partial charge in [-0.05, 0) is 65.3 Å². The van der Waals surface area contributed by atoms with Crippen LogP contribution in [-0.4, -0.2) is 52.3 Å². The van der Waals surface area contributed by atoms with E-state index in [1.165, 1.54) is 7.11 Å². The Morgan fingerprint density at radius 2 is 1.83 bits per heavy atom. The van der Waals surface area contributed by atoms with Gasteiger partial charge in [0, 0.05) is 49.7 Å². The van der Waals surface area contributed by atoms with Crippen LogP contribution in [0, 0.1) is 0 Å². The van der Waals surface area contributed by atoms with E-state index >= 15 is 0 Å². The molecule has 0 saturated heterocycles. The standard InChI is InChI=1S/C32H34N2O7/c1-38-17-29-33-9-11-34(29)10-8-18-12-20-13-21(35)5-6-22(20)31-28(40-3)16-26-23(30(18)31)15-25(37)32(41-26)19-4-7-24(36)27(14-19)39-2/h4-7,9,11,13-14,16,18,25,32,35-37H,8,10,12,15,17H2,1-3H3/t18-,25+,32+/m0/s1. The maximum Gasteiger partial charge on any atom is 0.160 e. The molecular weight excluding hydrogens is 524 g/mol. The second-order valence-electron chi connectivity index (χ2n) is 10.6. The van der Waals surface area contributed by atoms with Crippen molar-refractivity contribution in [1.82, 2.24) is 9.55 Å². The van der Waals surface area contributed by atoms with Crippen molar-refractivity contribution in [3.8, 4) is 39.9 Å². The van der Waals surface area contributed by atoms with Crippen LogP contribution in [0.5, 0.6) is 28.7 Å². The molecule has 3 atom stereocenters. The number of ether oxygens (including phenoxy) is 4. The van der Waals surface area contributed by atoms with E-state index in [0.717, 1.165) is 53.0 Å². The van der Waals surface area contributed by atoms with E-state index in [0.29, 0.717) is 35.8 Å². The van der Waals surface area contributed by atoms with Crippen molar-refractivity contribution in [3.05, 3.63) is 82.9 Å². The van der Waals surface area contributed by atoms with Gasteiger partial charge in [-0.2, -0.15) is 0 Å². The fraction of sp³-hybridized carbons (Fsp3) is 0.344. The van der Waals surface area contributed by atoms with Crippen molar-refractivity contribution in [2.45, 2.75) is 50.5 Å². The second-order valence-corrected chi connectivity index (χ2v) is 10.6. The van der Waals surface area contributed by atoms with Gasteiger partial charge in [-0.1, -0.05) is 12.1 Å². The molecule has 41 heavy (non-hydrogen) atoms. The Labute approximate surface area is 238 Å². The number of phenols is 2. The predicted molar refractivity (Wildman–Crippen MR) is 152 cm³/mol. The Hall–Kier alpha value is -4.21. The van der Waals surface area contributed by atoms with Gasteiger partial charge >= 0.3 is 0 Å². The van der Waals surface area contributed by atoms with Crippen LogP contribution >= 0.6 is 0 Å². The smallest absolute Gasteiger partial charge is 0.160 e. The van der Waals surface area contributed by atoms with Crippen molar-refractivity contribution in [3.63, 3.8) is 0 Å². The van der Waals surface area contributed by atoms with Crippen molar-refractivity contribution in [2.75, 3.05) is 21.3 Å². The molecule has 0 fully saturated rings. The predicted octanol–water partition coefficient (Wildman–Crippen LogP) is 4.89. The fourth-order valence-electron chi connectivity index (χ4n) is 6.31. The molecule has 1 aliphatic carbocycles. The van der Waals surface area contributed by atoms with Gasteiger partial charge in [0.15, 0.2) is 11.5 Å². The molecule has 4 aromatic rings. The average Bonchev–Trinajstić information content (AvgIpc) is 3.42. The summed E-state index contributed by atoms with van der Waals surface area (Å²) < 4.78 is 25.2. The highest BCUT2D eigenvalue weighted by Gasteiger charge is 2.38. The molecule has 0 radical (unpaired) electrons. The highest BCUT2D eigenvalue weighted by molar-refractivity contribution is 5.83. The zero-order chi connectivity index (χ0) is 28.7. The Bertz CT molecular complexity index is 1580. The van der Waals surface area contributed by atoms with Gasteiger partial charge in [-0.3, -0.25) is 0 Å². The molecule has 1 aliphatic heterocycles. The van der Waals surface area contributed by atoms with Crippen LogP contribution in [0.4, 0.5) is 0 Å². The number of hydrogen-bond donors (Lipinski definition) is 3. The monoisotopic (exact) mass is 558 g/mol. The summed E-state index contributed by atoms with van der Waals surface area (Å²) >= 11 is 0. The van der Waals surface area contributed by atoms with Gasteiger partial charge in [0.1, 0.15) is 35.8 Å². The third-order valence-electron chi connectivity index (χ3n) is 8.20. The molecular formula is C32H34N2O7. The number of phenolic OH excluding ortho intramolecular Hbond substituents is 2. The number of aliphatic hydroxyl groups is 1. The molecule has 9 heteroatoms. The summed E-state index contributed by atoms with van der Waals surface area (Å²) in [7, 11) is 4.79. The first-order chi connectivity index (χ1) is 19.9. The highest BCUT2D eigenvalue weighted by Crippen LogP contribution is 2.53. The first-order valence-electron chi connectivity index (χ1n) is 13.7. The third kappa shape index (κ3) is 4.85. The molecule has 6 rings (SSSR count). The lowest BCUT2D eigenvalue weighted by Crippen LogP contribution is -2.32. The first kappa shape index (κ1) is 27.0. The van der Waals surface area contributed by atoms with Crippen LogP contribution in [0.15, 0.2) is 54.9 Å². The summed E-state index contributed by atoms with van der Waals surface area (Å²) in [6, 6.07) is 12.3. The van der Waals surface area contributed by atoms with Crippen LogP contribution in [-0.2, 0) is 30.7 Å². The van der Waals surface area contributed by atoms with Gasteiger partial charge in [-0.15, -0.1) is 0 Å². The van der Waals surface area contributed by atoms with E-state index in [9.17, 15) is 15.3 Å². The summed E-state index contributed by atoms with van der Waals surface area (Å²) in [6.07, 6.45) is 4.18. The third-order valence-corrected chi connectivity index (χ3v) is 8.20. The Morgan fingerprint density at radius 3 is 2.61 bits per heavy atom. The van der Waals surface area contributed by atoms with Crippen LogP contribution < -0.4 is 14.2 Å². The van der Waals surface area contributed by atoms with E-state index in [1.54, 1.807) is 44.7 Å². The molecule has 1 aromatic heterocycles. The molecule has 2 heterocycles. The summed E-state index contributed by atoms with van der Waals surface area (Å²) in [4.78, 5) is 4.43. The summed E-state index contributed by atoms with van der Waals surface area (Å²) in [5, 5.41) is 31.8. The molecule has 0 bridgehead atoms. The minimum Gasteiger partial charge on any atom is -0.508 e. The SMILES string of the molecule is COCc1nccn1CC[C@H]1Cc2cc(O)ccc2-c2c(OC)cc3c(c21)C[C@@H](O)[C@@H](c1ccc(O)c(OC)c1)O3. The molecule has 3 N–H and O–H groups in total. The first-order valence-corrected chi connectivity index (χ1v) is 13.7. The molecule has 2 aliphatic rings. The lowest BCUT2D eigenvalue weighted by atomic mass is 9.73. The quantitative estimate of drug-likeness (QED) is 0.280. The van der Waals surface area contributed by atoms with E-state index in [-0.39, 0.29) is 17.4 Å². The average molecular weight is 559 g/mol. The number of imidazole rings is 1. The number of methoxy groups -OCH3 is 3. The number of aryl methyl sites for hydroxylation is 1. The topological polar surface area (TPSA) is 115 Å². The van der Waals surface area contributed by atoms with Gasteiger partial charge in [0.2, 0.25) is 0 Å². The van der Waals surface area contributed by atoms with Crippen LogP contribution in [0.3, 0.4) is 0 Å². The number of aromatic nitrogens is 2. The fourth-order valence-corrected chi connectivity index (χ4v) is 6.31. The zero-order valence-electron chi connectivity index (χ0n) is 23.3. The maximum absolute atomic E-state index is 11.4. The number of benzene rings is 3. The number of aliphatic hydroxyl groups excluding tert-OH is 1. The summed E-state index contributed by atoms with van der Waals surface area (Å²) in [5.74, 6) is 2.85. The van der Waals surface area contributed by atoms with E-state index in [1.807, 2.05) is 24.4 Å². The number of nitrogens with zero attached hydrogens (tertiary/aromatic N) is 2. The van der Waals surface area contributed by atoms with Crippen LogP contribution in [0.1, 0.15) is 46.5 Å². The van der Waals surface area contributed by atoms with Crippen molar-refractivity contribution >= 4 is 0 Å². The lowest BCUT2D eigenvalue weighted by molar-refractivity contribution is 0.0201. The zero-order valence-corrected chi connectivity index (χ0v) is 23.3. The highest BCUT2D eigenvalue weighted by atomic mass is 16.5. The molecule has 3 aromatic carbocycles. The molecule has 9 nitrogen and oxygen atoms in total. The van der Waals surface area contributed by atoms with Crippen LogP contribution in [0.25, 0.3) is 11.1 Å².